The van der Waals surface area contributed by atoms with Gasteiger partial charge in [-0.15, -0.1) is 0 Å². The lowest BCUT2D eigenvalue weighted by atomic mass is 10.0. The van der Waals surface area contributed by atoms with Crippen molar-refractivity contribution in [2.75, 3.05) is 26.2 Å². The van der Waals surface area contributed by atoms with Crippen molar-refractivity contribution < 1.29 is 22.5 Å². The number of piperazine rings is 1. The van der Waals surface area contributed by atoms with Crippen LogP contribution < -0.4 is 0 Å². The first-order chi connectivity index (χ1) is 16.4. The first-order valence-corrected chi connectivity index (χ1v) is 10.9. The summed E-state index contributed by atoms with van der Waals surface area (Å²) in [5.41, 5.74) is 0.361. The number of hydrogen-bond acceptors (Lipinski definition) is 5. The van der Waals surface area contributed by atoms with Gasteiger partial charge in [0.2, 0.25) is 0 Å². The monoisotopic (exact) mass is 466 g/mol. The molecule has 1 aliphatic rings. The second-order valence-electron chi connectivity index (χ2n) is 8.19. The predicted octanol–water partition coefficient (Wildman–Crippen LogP) is 4.87. The Labute approximate surface area is 193 Å². The smallest absolute Gasteiger partial charge is 0.336 e. The summed E-state index contributed by atoms with van der Waals surface area (Å²) in [6, 6.07) is 18.3. The summed E-state index contributed by atoms with van der Waals surface area (Å²) in [4.78, 5) is 21.0. The van der Waals surface area contributed by atoms with Crippen molar-refractivity contribution in [1.82, 2.24) is 19.9 Å². The van der Waals surface area contributed by atoms with Gasteiger partial charge in [-0.05, 0) is 41.1 Å². The molecular weight excluding hydrogens is 445 g/mol. The van der Waals surface area contributed by atoms with Crippen LogP contribution in [0.3, 0.4) is 0 Å². The standard InChI is InChI=1S/C25H21F3N4O2/c26-25(27,28)19-10-8-18(9-11-19)24(33)32-14-12-31(13-15-32)16-22-29-23(34-30-22)21-7-3-5-17-4-1-2-6-20(17)21/h1-11H,12-16H2. The van der Waals surface area contributed by atoms with Crippen LogP contribution in [0.25, 0.3) is 22.2 Å². The van der Waals surface area contributed by atoms with Gasteiger partial charge in [0.25, 0.3) is 11.8 Å². The molecule has 6 nitrogen and oxygen atoms in total. The van der Waals surface area contributed by atoms with Crippen molar-refractivity contribution in [3.63, 3.8) is 0 Å². The minimum Gasteiger partial charge on any atom is -0.336 e. The summed E-state index contributed by atoms with van der Waals surface area (Å²) in [5.74, 6) is 0.750. The fraction of sp³-hybridized carbons (Fsp3) is 0.240. The third kappa shape index (κ3) is 4.51. The Morgan fingerprint density at radius 2 is 1.62 bits per heavy atom. The topological polar surface area (TPSA) is 62.5 Å². The number of nitrogens with zero attached hydrogens (tertiary/aromatic N) is 4. The van der Waals surface area contributed by atoms with Gasteiger partial charge in [-0.2, -0.15) is 18.2 Å². The first-order valence-electron chi connectivity index (χ1n) is 10.9. The maximum atomic E-state index is 12.7. The molecule has 1 saturated heterocycles. The molecule has 0 N–H and O–H groups in total. The van der Waals surface area contributed by atoms with Gasteiger partial charge in [-0.25, -0.2) is 0 Å². The lowest BCUT2D eigenvalue weighted by Gasteiger charge is -2.34. The number of fused-ring (bicyclic) bond motifs is 1. The third-order valence-corrected chi connectivity index (χ3v) is 5.97. The summed E-state index contributed by atoms with van der Waals surface area (Å²) < 4.78 is 43.8. The molecule has 0 bridgehead atoms. The Hall–Kier alpha value is -3.72. The molecule has 0 radical (unpaired) electrons. The molecular formula is C25H21F3N4O2. The normalized spacial score (nSPS) is 15.1. The highest BCUT2D eigenvalue weighted by Crippen LogP contribution is 2.29. The largest absolute Gasteiger partial charge is 0.416 e. The van der Waals surface area contributed by atoms with E-state index in [4.69, 9.17) is 4.52 Å². The highest BCUT2D eigenvalue weighted by Gasteiger charge is 2.31. The van der Waals surface area contributed by atoms with E-state index in [1.54, 1.807) is 4.90 Å². The molecule has 1 aliphatic heterocycles. The molecule has 3 aromatic carbocycles. The lowest BCUT2D eigenvalue weighted by Crippen LogP contribution is -2.48. The van der Waals surface area contributed by atoms with Gasteiger partial charge in [-0.1, -0.05) is 41.6 Å². The quantitative estimate of drug-likeness (QED) is 0.430. The van der Waals surface area contributed by atoms with Crippen LogP contribution in [0.2, 0.25) is 0 Å². The molecule has 5 rings (SSSR count). The minimum absolute atomic E-state index is 0.249. The predicted molar refractivity (Wildman–Crippen MR) is 120 cm³/mol. The Balaban J connectivity index is 1.20. The van der Waals surface area contributed by atoms with Crippen molar-refractivity contribution in [3.8, 4) is 11.5 Å². The molecule has 174 valence electrons. The van der Waals surface area contributed by atoms with E-state index in [2.05, 4.69) is 15.0 Å². The summed E-state index contributed by atoms with van der Waals surface area (Å²) >= 11 is 0. The third-order valence-electron chi connectivity index (χ3n) is 5.97. The average Bonchev–Trinajstić information content (AvgIpc) is 3.31. The van der Waals surface area contributed by atoms with Crippen LogP contribution in [-0.4, -0.2) is 52.0 Å². The van der Waals surface area contributed by atoms with E-state index < -0.39 is 11.7 Å². The van der Waals surface area contributed by atoms with Gasteiger partial charge in [0, 0.05) is 37.3 Å². The lowest BCUT2D eigenvalue weighted by molar-refractivity contribution is -0.137. The maximum Gasteiger partial charge on any atom is 0.416 e. The zero-order valence-corrected chi connectivity index (χ0v) is 18.1. The molecule has 2 heterocycles. The van der Waals surface area contributed by atoms with E-state index in [9.17, 15) is 18.0 Å². The van der Waals surface area contributed by atoms with Crippen molar-refractivity contribution >= 4 is 16.7 Å². The highest BCUT2D eigenvalue weighted by atomic mass is 19.4. The van der Waals surface area contributed by atoms with E-state index >= 15 is 0 Å². The molecule has 0 unspecified atom stereocenters. The van der Waals surface area contributed by atoms with Gasteiger partial charge >= 0.3 is 6.18 Å². The molecule has 0 saturated carbocycles. The number of amides is 1. The highest BCUT2D eigenvalue weighted by molar-refractivity contribution is 5.95. The number of rotatable bonds is 4. The molecule has 1 aromatic heterocycles. The molecule has 9 heteroatoms. The number of benzene rings is 3. The number of carbonyl (C=O) groups excluding carboxylic acids is 1. The first kappa shape index (κ1) is 22.1. The Kier molecular flexibility index (Phi) is 5.79. The minimum atomic E-state index is -4.42. The summed E-state index contributed by atoms with van der Waals surface area (Å²) in [6.45, 7) is 2.62. The number of alkyl halides is 3. The summed E-state index contributed by atoms with van der Waals surface area (Å²) in [7, 11) is 0. The van der Waals surface area contributed by atoms with Crippen LogP contribution in [0, 0.1) is 0 Å². The van der Waals surface area contributed by atoms with Crippen LogP contribution in [0.5, 0.6) is 0 Å². The van der Waals surface area contributed by atoms with Crippen LogP contribution in [0.4, 0.5) is 13.2 Å². The van der Waals surface area contributed by atoms with E-state index in [0.717, 1.165) is 28.5 Å². The van der Waals surface area contributed by atoms with E-state index in [-0.39, 0.29) is 11.5 Å². The van der Waals surface area contributed by atoms with Gasteiger partial charge in [0.15, 0.2) is 5.82 Å². The Bertz CT molecular complexity index is 1300. The molecule has 0 aliphatic carbocycles. The zero-order valence-electron chi connectivity index (χ0n) is 18.1. The van der Waals surface area contributed by atoms with Crippen LogP contribution >= 0.6 is 0 Å². The van der Waals surface area contributed by atoms with Gasteiger partial charge in [0.05, 0.1) is 12.1 Å². The molecule has 0 spiro atoms. The fourth-order valence-corrected chi connectivity index (χ4v) is 4.13. The number of hydrogen-bond donors (Lipinski definition) is 0. The van der Waals surface area contributed by atoms with Crippen molar-refractivity contribution in [3.05, 3.63) is 83.7 Å². The van der Waals surface area contributed by atoms with Crippen molar-refractivity contribution in [2.24, 2.45) is 0 Å². The average molecular weight is 466 g/mol. The van der Waals surface area contributed by atoms with E-state index in [1.165, 1.54) is 12.1 Å². The van der Waals surface area contributed by atoms with Crippen LogP contribution in [-0.2, 0) is 12.7 Å². The van der Waals surface area contributed by atoms with Crippen molar-refractivity contribution in [1.29, 1.82) is 0 Å². The van der Waals surface area contributed by atoms with E-state index in [1.807, 2.05) is 42.5 Å². The number of halogens is 3. The van der Waals surface area contributed by atoms with Gasteiger partial charge < -0.3 is 9.42 Å². The summed E-state index contributed by atoms with van der Waals surface area (Å²) in [6.07, 6.45) is -4.42. The van der Waals surface area contributed by atoms with Crippen LogP contribution in [0.15, 0.2) is 71.3 Å². The zero-order chi connectivity index (χ0) is 23.7. The maximum absolute atomic E-state index is 12.7. The number of carbonyl (C=O) groups is 1. The molecule has 34 heavy (non-hydrogen) atoms. The second kappa shape index (κ2) is 8.90. The Morgan fingerprint density at radius 3 is 2.35 bits per heavy atom. The SMILES string of the molecule is O=C(c1ccc(C(F)(F)F)cc1)N1CCN(Cc2noc(-c3cccc4ccccc34)n2)CC1. The summed E-state index contributed by atoms with van der Waals surface area (Å²) in [5, 5.41) is 6.25. The molecule has 4 aromatic rings. The molecule has 1 amide bonds. The van der Waals surface area contributed by atoms with Gasteiger partial charge in [0.1, 0.15) is 0 Å². The van der Waals surface area contributed by atoms with E-state index in [0.29, 0.717) is 44.4 Å². The van der Waals surface area contributed by atoms with Crippen LogP contribution in [0.1, 0.15) is 21.7 Å². The van der Waals surface area contributed by atoms with Gasteiger partial charge in [-0.3, -0.25) is 9.69 Å². The molecule has 1 fully saturated rings. The second-order valence-corrected chi connectivity index (χ2v) is 8.19. The fourth-order valence-electron chi connectivity index (χ4n) is 4.13. The Morgan fingerprint density at radius 1 is 0.912 bits per heavy atom. The number of aromatic nitrogens is 2. The van der Waals surface area contributed by atoms with Crippen molar-refractivity contribution in [2.45, 2.75) is 12.7 Å². The molecule has 0 atom stereocenters.